The van der Waals surface area contributed by atoms with Crippen LogP contribution in [-0.4, -0.2) is 37.6 Å². The molecule has 1 saturated carbocycles. The van der Waals surface area contributed by atoms with Gasteiger partial charge in [0.25, 0.3) is 11.5 Å². The monoisotopic (exact) mass is 374 g/mol. The van der Waals surface area contributed by atoms with Crippen molar-refractivity contribution >= 4 is 22.9 Å². The lowest BCUT2D eigenvalue weighted by molar-refractivity contribution is -0.145. The molecular formula is C18H22N4O5. The fraction of sp³-hybridized carbons (Fsp3) is 0.500. The summed E-state index contributed by atoms with van der Waals surface area (Å²) in [6, 6.07) is 1.32. The molecule has 0 aliphatic heterocycles. The van der Waals surface area contributed by atoms with Crippen molar-refractivity contribution in [3.8, 4) is 0 Å². The van der Waals surface area contributed by atoms with Crippen LogP contribution in [0.15, 0.2) is 15.7 Å². The number of carbonyl (C=O) groups excluding carboxylic acids is 1. The zero-order valence-electron chi connectivity index (χ0n) is 15.4. The van der Waals surface area contributed by atoms with Crippen LogP contribution in [0.4, 0.5) is 0 Å². The van der Waals surface area contributed by atoms with Crippen molar-refractivity contribution in [3.63, 3.8) is 0 Å². The van der Waals surface area contributed by atoms with Crippen molar-refractivity contribution in [2.24, 2.45) is 5.92 Å². The summed E-state index contributed by atoms with van der Waals surface area (Å²) >= 11 is 0. The predicted molar refractivity (Wildman–Crippen MR) is 98.0 cm³/mol. The molecule has 0 atom stereocenters. The molecule has 144 valence electrons. The Morgan fingerprint density at radius 1 is 1.37 bits per heavy atom. The zero-order valence-corrected chi connectivity index (χ0v) is 15.4. The first-order chi connectivity index (χ1) is 12.7. The molecule has 3 N–H and O–H groups in total. The minimum atomic E-state index is -0.875. The summed E-state index contributed by atoms with van der Waals surface area (Å²) in [5.74, 6) is -1.81. The third kappa shape index (κ3) is 3.36. The van der Waals surface area contributed by atoms with Gasteiger partial charge in [-0.15, -0.1) is 0 Å². The van der Waals surface area contributed by atoms with Gasteiger partial charge in [-0.25, -0.2) is 9.78 Å². The van der Waals surface area contributed by atoms with Crippen molar-refractivity contribution in [2.45, 2.75) is 52.1 Å². The Morgan fingerprint density at radius 2 is 2.04 bits per heavy atom. The van der Waals surface area contributed by atoms with Crippen LogP contribution in [-0.2, 0) is 11.3 Å². The fourth-order valence-corrected chi connectivity index (χ4v) is 3.26. The topological polar surface area (TPSA) is 134 Å². The van der Waals surface area contributed by atoms with E-state index in [2.05, 4.69) is 15.3 Å². The number of carbonyl (C=O) groups is 2. The summed E-state index contributed by atoms with van der Waals surface area (Å²) < 4.78 is 1.32. The van der Waals surface area contributed by atoms with Crippen LogP contribution in [0.2, 0.25) is 0 Å². The molecule has 0 aromatic carbocycles. The lowest BCUT2D eigenvalue weighted by Gasteiger charge is -2.32. The first-order valence-corrected chi connectivity index (χ1v) is 8.94. The smallest absolute Gasteiger partial charge is 0.329 e. The lowest BCUT2D eigenvalue weighted by Crippen LogP contribution is -2.47. The van der Waals surface area contributed by atoms with Gasteiger partial charge in [0.15, 0.2) is 5.65 Å². The number of fused-ring (bicyclic) bond motifs is 1. The molecule has 0 radical (unpaired) electrons. The Morgan fingerprint density at radius 3 is 2.59 bits per heavy atom. The maximum Gasteiger partial charge on any atom is 0.329 e. The second-order valence-electron chi connectivity index (χ2n) is 7.13. The van der Waals surface area contributed by atoms with E-state index in [4.69, 9.17) is 5.11 Å². The largest absolute Gasteiger partial charge is 0.481 e. The molecule has 1 aliphatic carbocycles. The predicted octanol–water partition coefficient (Wildman–Crippen LogP) is 0.821. The molecule has 2 aromatic heterocycles. The highest BCUT2D eigenvalue weighted by atomic mass is 16.4. The van der Waals surface area contributed by atoms with E-state index < -0.39 is 29.0 Å². The first kappa shape index (κ1) is 18.8. The van der Waals surface area contributed by atoms with E-state index in [9.17, 15) is 19.2 Å². The number of aliphatic carboxylic acids is 1. The minimum absolute atomic E-state index is 0.0132. The SMILES string of the molecule is CCn1c(=O)[nH]c(=O)c2c(C(=O)NC3CC(C(=O)O)C3)cc(C(C)C)nc21. The molecule has 0 bridgehead atoms. The van der Waals surface area contributed by atoms with E-state index >= 15 is 0 Å². The Hall–Kier alpha value is -2.97. The molecule has 2 aromatic rings. The van der Waals surface area contributed by atoms with Gasteiger partial charge >= 0.3 is 11.7 Å². The van der Waals surface area contributed by atoms with Crippen molar-refractivity contribution in [1.29, 1.82) is 0 Å². The van der Waals surface area contributed by atoms with Crippen LogP contribution in [0.25, 0.3) is 11.0 Å². The summed E-state index contributed by atoms with van der Waals surface area (Å²) in [4.78, 5) is 54.9. The maximum absolute atomic E-state index is 12.8. The van der Waals surface area contributed by atoms with Crippen LogP contribution in [0, 0.1) is 5.92 Å². The number of pyridine rings is 1. The number of nitrogens with zero attached hydrogens (tertiary/aromatic N) is 2. The second-order valence-corrected chi connectivity index (χ2v) is 7.13. The van der Waals surface area contributed by atoms with Gasteiger partial charge in [0.05, 0.1) is 16.9 Å². The van der Waals surface area contributed by atoms with E-state index in [1.165, 1.54) is 4.57 Å². The molecule has 1 amide bonds. The van der Waals surface area contributed by atoms with Crippen molar-refractivity contribution in [1.82, 2.24) is 19.9 Å². The molecular weight excluding hydrogens is 352 g/mol. The van der Waals surface area contributed by atoms with E-state index in [1.54, 1.807) is 13.0 Å². The van der Waals surface area contributed by atoms with Crippen molar-refractivity contribution < 1.29 is 14.7 Å². The molecule has 0 spiro atoms. The van der Waals surface area contributed by atoms with Crippen LogP contribution in [0.3, 0.4) is 0 Å². The molecule has 9 heteroatoms. The van der Waals surface area contributed by atoms with E-state index in [-0.39, 0.29) is 28.6 Å². The highest BCUT2D eigenvalue weighted by Gasteiger charge is 2.35. The van der Waals surface area contributed by atoms with Gasteiger partial charge in [0, 0.05) is 18.3 Å². The Balaban J connectivity index is 2.08. The van der Waals surface area contributed by atoms with Crippen LogP contribution < -0.4 is 16.6 Å². The normalized spacial score (nSPS) is 19.1. The highest BCUT2D eigenvalue weighted by molar-refractivity contribution is 6.05. The number of rotatable bonds is 5. The molecule has 0 saturated heterocycles. The molecule has 9 nitrogen and oxygen atoms in total. The van der Waals surface area contributed by atoms with Crippen LogP contribution in [0.1, 0.15) is 55.6 Å². The van der Waals surface area contributed by atoms with Gasteiger partial charge in [0.1, 0.15) is 0 Å². The first-order valence-electron chi connectivity index (χ1n) is 8.94. The van der Waals surface area contributed by atoms with Crippen LogP contribution in [0.5, 0.6) is 0 Å². The van der Waals surface area contributed by atoms with Crippen molar-refractivity contribution in [2.75, 3.05) is 0 Å². The average molecular weight is 374 g/mol. The summed E-state index contributed by atoms with van der Waals surface area (Å²) in [6.45, 7) is 5.86. The number of aryl methyl sites for hydroxylation is 1. The number of carboxylic acids is 1. The van der Waals surface area contributed by atoms with Crippen LogP contribution >= 0.6 is 0 Å². The van der Waals surface area contributed by atoms with Gasteiger partial charge in [-0.2, -0.15) is 0 Å². The zero-order chi connectivity index (χ0) is 19.9. The number of carboxylic acid groups (broad SMARTS) is 1. The number of hydrogen-bond donors (Lipinski definition) is 3. The Labute approximate surface area is 154 Å². The number of aromatic nitrogens is 3. The van der Waals surface area contributed by atoms with E-state index in [0.29, 0.717) is 25.1 Å². The maximum atomic E-state index is 12.8. The van der Waals surface area contributed by atoms with Gasteiger partial charge in [-0.1, -0.05) is 13.8 Å². The number of aromatic amines is 1. The Bertz CT molecular complexity index is 1030. The molecule has 1 aliphatic rings. The second kappa shape index (κ2) is 6.98. The standard InChI is InChI=1S/C18H22N4O5/c1-4-22-14-13(16(24)21-18(22)27)11(7-12(20-14)8(2)3)15(23)19-10-5-9(6-10)17(25)26/h7-10H,4-6H2,1-3H3,(H,19,23)(H,25,26)(H,21,24,27). The molecule has 3 rings (SSSR count). The summed E-state index contributed by atoms with van der Waals surface area (Å²) in [7, 11) is 0. The highest BCUT2D eigenvalue weighted by Crippen LogP contribution is 2.28. The quantitative estimate of drug-likeness (QED) is 0.709. The molecule has 2 heterocycles. The third-order valence-corrected chi connectivity index (χ3v) is 4.94. The van der Waals surface area contributed by atoms with Gasteiger partial charge < -0.3 is 10.4 Å². The van der Waals surface area contributed by atoms with Gasteiger partial charge in [0.2, 0.25) is 0 Å². The van der Waals surface area contributed by atoms with Gasteiger partial charge in [-0.3, -0.25) is 23.9 Å². The number of hydrogen-bond acceptors (Lipinski definition) is 5. The number of amides is 1. The number of nitrogens with one attached hydrogen (secondary N) is 2. The van der Waals surface area contributed by atoms with Crippen molar-refractivity contribution in [3.05, 3.63) is 38.2 Å². The van der Waals surface area contributed by atoms with E-state index in [0.717, 1.165) is 0 Å². The number of H-pyrrole nitrogens is 1. The summed E-state index contributed by atoms with van der Waals surface area (Å²) in [5.41, 5.74) is -0.315. The van der Waals surface area contributed by atoms with E-state index in [1.807, 2.05) is 13.8 Å². The third-order valence-electron chi connectivity index (χ3n) is 4.94. The Kier molecular flexibility index (Phi) is 4.86. The summed E-state index contributed by atoms with van der Waals surface area (Å²) in [5, 5.41) is 11.8. The molecule has 0 unspecified atom stereocenters. The molecule has 1 fully saturated rings. The molecule has 27 heavy (non-hydrogen) atoms. The summed E-state index contributed by atoms with van der Waals surface area (Å²) in [6.07, 6.45) is 0.717. The fourth-order valence-electron chi connectivity index (χ4n) is 3.26. The van der Waals surface area contributed by atoms with Gasteiger partial charge in [-0.05, 0) is 31.7 Å². The average Bonchev–Trinajstić information content (AvgIpc) is 2.56. The lowest BCUT2D eigenvalue weighted by atomic mass is 9.80. The minimum Gasteiger partial charge on any atom is -0.481 e.